The molecule has 1 saturated carbocycles. The molecule has 0 aliphatic heterocycles. The number of aromatic nitrogens is 2. The number of nitrogens with one attached hydrogen (secondary N) is 2. The Morgan fingerprint density at radius 1 is 1.71 bits per heavy atom. The number of rotatable bonds is 3. The molecule has 17 heavy (non-hydrogen) atoms. The second-order valence-electron chi connectivity index (χ2n) is 3.94. The summed E-state index contributed by atoms with van der Waals surface area (Å²) in [5.74, 6) is 0.990. The number of H-pyrrole nitrogens is 1. The average Bonchev–Trinajstić information content (AvgIpc) is 3.00. The number of halogens is 1. The summed E-state index contributed by atoms with van der Waals surface area (Å²) in [6.45, 7) is 1.99. The Morgan fingerprint density at radius 3 is 3.00 bits per heavy atom. The van der Waals surface area contributed by atoms with Gasteiger partial charge in [-0.05, 0) is 19.8 Å². The number of hydrogen-bond donors (Lipinski definition) is 3. The van der Waals surface area contributed by atoms with Gasteiger partial charge in [-0.25, -0.2) is 9.98 Å². The van der Waals surface area contributed by atoms with E-state index in [1.54, 1.807) is 6.92 Å². The summed E-state index contributed by atoms with van der Waals surface area (Å²) in [5, 5.41) is 3.05. The zero-order chi connectivity index (χ0) is 11.5. The van der Waals surface area contributed by atoms with Gasteiger partial charge in [-0.15, -0.1) is 24.0 Å². The molecule has 4 N–H and O–H groups in total. The van der Waals surface area contributed by atoms with E-state index in [2.05, 4.69) is 20.3 Å². The van der Waals surface area contributed by atoms with Gasteiger partial charge in [0.05, 0.1) is 12.1 Å². The highest BCUT2D eigenvalue weighted by Crippen LogP contribution is 2.17. The predicted molar refractivity (Wildman–Crippen MR) is 76.5 cm³/mol. The third-order valence-corrected chi connectivity index (χ3v) is 2.35. The molecule has 0 spiro atoms. The summed E-state index contributed by atoms with van der Waals surface area (Å²) >= 11 is 0. The maximum atomic E-state index is 11.5. The van der Waals surface area contributed by atoms with Crippen LogP contribution >= 0.6 is 24.0 Å². The van der Waals surface area contributed by atoms with E-state index in [0.29, 0.717) is 23.4 Å². The van der Waals surface area contributed by atoms with E-state index in [9.17, 15) is 4.79 Å². The Morgan fingerprint density at radius 2 is 2.41 bits per heavy atom. The highest BCUT2D eigenvalue weighted by atomic mass is 127. The lowest BCUT2D eigenvalue weighted by molar-refractivity contribution is 0.869. The zero-order valence-electron chi connectivity index (χ0n) is 9.56. The van der Waals surface area contributed by atoms with E-state index in [1.165, 1.54) is 6.20 Å². The first-order chi connectivity index (χ1) is 7.65. The first kappa shape index (κ1) is 13.9. The molecule has 1 aromatic rings. The fraction of sp³-hybridized carbons (Fsp3) is 0.500. The van der Waals surface area contributed by atoms with Gasteiger partial charge in [0.1, 0.15) is 5.82 Å². The molecule has 0 radical (unpaired) electrons. The standard InChI is InChI=1S/C10H15N5O.HI/c1-6-12-4-7(9(16)14-6)5-13-10(11)15-8-2-3-8;/h4,8H,2-3,5H2,1H3,(H3,11,13,15)(H,12,14,16);1H. The van der Waals surface area contributed by atoms with Gasteiger partial charge >= 0.3 is 0 Å². The number of aromatic amines is 1. The van der Waals surface area contributed by atoms with E-state index in [1.807, 2.05) is 0 Å². The largest absolute Gasteiger partial charge is 0.370 e. The van der Waals surface area contributed by atoms with Gasteiger partial charge in [-0.2, -0.15) is 0 Å². The molecule has 6 nitrogen and oxygen atoms in total. The molecule has 94 valence electrons. The fourth-order valence-electron chi connectivity index (χ4n) is 1.28. The summed E-state index contributed by atoms with van der Waals surface area (Å²) in [6, 6.07) is 0.471. The van der Waals surface area contributed by atoms with Crippen LogP contribution < -0.4 is 16.6 Å². The number of nitrogens with zero attached hydrogens (tertiary/aromatic N) is 2. The maximum absolute atomic E-state index is 11.5. The average molecular weight is 349 g/mol. The summed E-state index contributed by atoms with van der Waals surface area (Å²) in [5.41, 5.74) is 6.01. The highest BCUT2D eigenvalue weighted by molar-refractivity contribution is 14.0. The lowest BCUT2D eigenvalue weighted by atomic mass is 10.3. The van der Waals surface area contributed by atoms with Crippen molar-refractivity contribution in [2.45, 2.75) is 32.4 Å². The SMILES string of the molecule is Cc1ncc(CN=C(N)NC2CC2)c(=O)[nH]1.I. The minimum Gasteiger partial charge on any atom is -0.370 e. The Bertz CT molecular complexity index is 466. The monoisotopic (exact) mass is 349 g/mol. The predicted octanol–water partition coefficient (Wildman–Crippen LogP) is 0.263. The minimum atomic E-state index is -0.157. The molecule has 1 aliphatic rings. The summed E-state index contributed by atoms with van der Waals surface area (Å²) < 4.78 is 0. The Balaban J connectivity index is 0.00000144. The molecule has 1 aromatic heterocycles. The Labute approximate surface area is 116 Å². The molecule has 0 unspecified atom stereocenters. The topological polar surface area (TPSA) is 96.2 Å². The van der Waals surface area contributed by atoms with Crippen molar-refractivity contribution < 1.29 is 0 Å². The number of guanidine groups is 1. The number of hydrogen-bond acceptors (Lipinski definition) is 3. The van der Waals surface area contributed by atoms with Crippen LogP contribution in [-0.4, -0.2) is 22.0 Å². The van der Waals surface area contributed by atoms with Crippen molar-refractivity contribution in [1.82, 2.24) is 15.3 Å². The van der Waals surface area contributed by atoms with Gasteiger partial charge in [0.25, 0.3) is 5.56 Å². The molecular formula is C10H16IN5O. The summed E-state index contributed by atoms with van der Waals surface area (Å²) in [4.78, 5) is 22.2. The summed E-state index contributed by atoms with van der Waals surface area (Å²) in [7, 11) is 0. The van der Waals surface area contributed by atoms with Crippen molar-refractivity contribution in [2.24, 2.45) is 10.7 Å². The van der Waals surface area contributed by atoms with Crippen molar-refractivity contribution in [3.05, 3.63) is 27.9 Å². The lowest BCUT2D eigenvalue weighted by Crippen LogP contribution is -2.33. The number of aryl methyl sites for hydroxylation is 1. The molecule has 0 amide bonds. The van der Waals surface area contributed by atoms with Gasteiger partial charge in [0.2, 0.25) is 0 Å². The molecule has 1 aliphatic carbocycles. The van der Waals surface area contributed by atoms with Gasteiger partial charge < -0.3 is 16.0 Å². The van der Waals surface area contributed by atoms with Gasteiger partial charge in [0.15, 0.2) is 5.96 Å². The molecule has 0 aromatic carbocycles. The van der Waals surface area contributed by atoms with E-state index in [-0.39, 0.29) is 36.1 Å². The number of aliphatic imine (C=N–C) groups is 1. The third-order valence-electron chi connectivity index (χ3n) is 2.35. The van der Waals surface area contributed by atoms with Crippen LogP contribution in [0.3, 0.4) is 0 Å². The van der Waals surface area contributed by atoms with E-state index in [4.69, 9.17) is 5.73 Å². The van der Waals surface area contributed by atoms with Crippen molar-refractivity contribution in [2.75, 3.05) is 0 Å². The van der Waals surface area contributed by atoms with Gasteiger partial charge in [-0.1, -0.05) is 0 Å². The normalized spacial score (nSPS) is 15.2. The molecule has 0 saturated heterocycles. The smallest absolute Gasteiger partial charge is 0.255 e. The van der Waals surface area contributed by atoms with Crippen molar-refractivity contribution >= 4 is 29.9 Å². The van der Waals surface area contributed by atoms with Crippen LogP contribution in [0.1, 0.15) is 24.2 Å². The minimum absolute atomic E-state index is 0. The molecule has 2 rings (SSSR count). The lowest BCUT2D eigenvalue weighted by Gasteiger charge is -2.02. The Kier molecular flexibility index (Phi) is 4.91. The van der Waals surface area contributed by atoms with Crippen LogP contribution in [0.15, 0.2) is 16.0 Å². The highest BCUT2D eigenvalue weighted by Gasteiger charge is 2.21. The molecule has 0 bridgehead atoms. The molecule has 1 fully saturated rings. The van der Waals surface area contributed by atoms with Crippen molar-refractivity contribution in [3.63, 3.8) is 0 Å². The second kappa shape index (κ2) is 5.99. The van der Waals surface area contributed by atoms with Crippen LogP contribution in [0, 0.1) is 6.92 Å². The summed E-state index contributed by atoms with van der Waals surface area (Å²) in [6.07, 6.45) is 3.81. The molecule has 1 heterocycles. The van der Waals surface area contributed by atoms with Gasteiger partial charge in [-0.3, -0.25) is 4.79 Å². The molecule has 7 heteroatoms. The first-order valence-electron chi connectivity index (χ1n) is 5.26. The van der Waals surface area contributed by atoms with Crippen molar-refractivity contribution in [3.8, 4) is 0 Å². The van der Waals surface area contributed by atoms with E-state index < -0.39 is 0 Å². The third kappa shape index (κ3) is 4.33. The van der Waals surface area contributed by atoms with E-state index in [0.717, 1.165) is 12.8 Å². The van der Waals surface area contributed by atoms with Crippen molar-refractivity contribution in [1.29, 1.82) is 0 Å². The fourth-order valence-corrected chi connectivity index (χ4v) is 1.28. The van der Waals surface area contributed by atoms with Crippen LogP contribution in [0.25, 0.3) is 0 Å². The van der Waals surface area contributed by atoms with Crippen LogP contribution in [0.2, 0.25) is 0 Å². The zero-order valence-corrected chi connectivity index (χ0v) is 11.9. The maximum Gasteiger partial charge on any atom is 0.255 e. The van der Waals surface area contributed by atoms with Gasteiger partial charge in [0, 0.05) is 12.2 Å². The second-order valence-corrected chi connectivity index (χ2v) is 3.94. The van der Waals surface area contributed by atoms with Crippen LogP contribution in [0.4, 0.5) is 0 Å². The van der Waals surface area contributed by atoms with Crippen LogP contribution in [-0.2, 0) is 6.54 Å². The molecular weight excluding hydrogens is 333 g/mol. The quantitative estimate of drug-likeness (QED) is 0.414. The molecule has 0 atom stereocenters. The first-order valence-corrected chi connectivity index (χ1v) is 5.26. The number of nitrogens with two attached hydrogens (primary N) is 1. The van der Waals surface area contributed by atoms with E-state index >= 15 is 0 Å². The Hall–Kier alpha value is -1.12. The van der Waals surface area contributed by atoms with Crippen LogP contribution in [0.5, 0.6) is 0 Å².